The Balaban J connectivity index is 2.46. The van der Waals surface area contributed by atoms with Crippen LogP contribution < -0.4 is 11.1 Å². The van der Waals surface area contributed by atoms with Crippen LogP contribution in [0.3, 0.4) is 0 Å². The van der Waals surface area contributed by atoms with Crippen LogP contribution >= 0.6 is 0 Å². The Labute approximate surface area is 98.6 Å². The largest absolute Gasteiger partial charge is 0.359 e. The third-order valence-corrected chi connectivity index (χ3v) is 3.64. The third kappa shape index (κ3) is 3.76. The van der Waals surface area contributed by atoms with Gasteiger partial charge in [-0.3, -0.25) is 9.69 Å². The van der Waals surface area contributed by atoms with Crippen molar-refractivity contribution >= 4 is 5.91 Å². The molecular weight excluding hydrogens is 202 g/mol. The predicted molar refractivity (Wildman–Crippen MR) is 66.1 cm³/mol. The summed E-state index contributed by atoms with van der Waals surface area (Å²) in [6, 6.07) is 0.205. The number of amides is 1. The molecule has 1 heterocycles. The topological polar surface area (TPSA) is 58.4 Å². The molecule has 1 atom stereocenters. The summed E-state index contributed by atoms with van der Waals surface area (Å²) >= 11 is 0. The molecule has 1 saturated heterocycles. The molecule has 0 bridgehead atoms. The lowest BCUT2D eigenvalue weighted by Gasteiger charge is -2.40. The van der Waals surface area contributed by atoms with Crippen LogP contribution in [0.2, 0.25) is 0 Å². The lowest BCUT2D eigenvalue weighted by atomic mass is 9.82. The van der Waals surface area contributed by atoms with Gasteiger partial charge in [0.1, 0.15) is 0 Å². The van der Waals surface area contributed by atoms with Gasteiger partial charge in [-0.25, -0.2) is 0 Å². The summed E-state index contributed by atoms with van der Waals surface area (Å²) < 4.78 is 0. The molecule has 0 radical (unpaired) electrons. The second-order valence-electron chi connectivity index (χ2n) is 5.47. The van der Waals surface area contributed by atoms with E-state index in [4.69, 9.17) is 5.73 Å². The first-order valence-corrected chi connectivity index (χ1v) is 6.13. The first-order chi connectivity index (χ1) is 7.48. The number of carbonyl (C=O) groups is 1. The minimum atomic E-state index is 0.0836. The molecule has 0 spiro atoms. The zero-order chi connectivity index (χ0) is 12.2. The Morgan fingerprint density at radius 1 is 1.44 bits per heavy atom. The van der Waals surface area contributed by atoms with Crippen LogP contribution in [0.5, 0.6) is 0 Å². The Kier molecular flexibility index (Phi) is 4.74. The van der Waals surface area contributed by atoms with Gasteiger partial charge >= 0.3 is 0 Å². The number of piperidine rings is 1. The number of hydrogen-bond acceptors (Lipinski definition) is 3. The fourth-order valence-corrected chi connectivity index (χ4v) is 2.17. The molecule has 1 unspecified atom stereocenters. The van der Waals surface area contributed by atoms with Gasteiger partial charge in [-0.1, -0.05) is 13.8 Å². The molecule has 0 saturated carbocycles. The smallest absolute Gasteiger partial charge is 0.221 e. The van der Waals surface area contributed by atoms with E-state index in [0.29, 0.717) is 18.4 Å². The van der Waals surface area contributed by atoms with E-state index in [1.54, 1.807) is 7.05 Å². The highest BCUT2D eigenvalue weighted by Gasteiger charge is 2.29. The van der Waals surface area contributed by atoms with Crippen LogP contribution in [0.15, 0.2) is 0 Å². The standard InChI is InChI=1S/C12H25N3O/c1-12(2)4-6-15(7-5-12)10(9-13)8-11(16)14-3/h10H,4-9,13H2,1-3H3,(H,14,16). The van der Waals surface area contributed by atoms with E-state index in [9.17, 15) is 4.79 Å². The Morgan fingerprint density at radius 2 is 2.00 bits per heavy atom. The zero-order valence-corrected chi connectivity index (χ0v) is 10.8. The SMILES string of the molecule is CNC(=O)CC(CN)N1CCC(C)(C)CC1. The minimum Gasteiger partial charge on any atom is -0.359 e. The van der Waals surface area contributed by atoms with Crippen LogP contribution in [-0.2, 0) is 4.79 Å². The fraction of sp³-hybridized carbons (Fsp3) is 0.917. The summed E-state index contributed by atoms with van der Waals surface area (Å²) in [4.78, 5) is 13.7. The van der Waals surface area contributed by atoms with E-state index in [1.807, 2.05) is 0 Å². The van der Waals surface area contributed by atoms with Crippen molar-refractivity contribution in [3.63, 3.8) is 0 Å². The summed E-state index contributed by atoms with van der Waals surface area (Å²) in [5.74, 6) is 0.0836. The molecule has 0 aromatic rings. The zero-order valence-electron chi connectivity index (χ0n) is 10.8. The molecule has 1 aliphatic heterocycles. The summed E-state index contributed by atoms with van der Waals surface area (Å²) in [5, 5.41) is 2.66. The number of rotatable bonds is 4. The molecule has 94 valence electrons. The highest BCUT2D eigenvalue weighted by Crippen LogP contribution is 2.30. The second-order valence-corrected chi connectivity index (χ2v) is 5.47. The molecule has 1 aliphatic rings. The third-order valence-electron chi connectivity index (χ3n) is 3.64. The van der Waals surface area contributed by atoms with E-state index in [-0.39, 0.29) is 11.9 Å². The Hall–Kier alpha value is -0.610. The van der Waals surface area contributed by atoms with Crippen LogP contribution in [0.4, 0.5) is 0 Å². The van der Waals surface area contributed by atoms with Gasteiger partial charge in [0.15, 0.2) is 0 Å². The molecule has 1 amide bonds. The van der Waals surface area contributed by atoms with Crippen LogP contribution in [-0.4, -0.2) is 43.5 Å². The molecule has 3 N–H and O–H groups in total. The summed E-state index contributed by atoms with van der Waals surface area (Å²) in [5.41, 5.74) is 6.20. The van der Waals surface area contributed by atoms with Crippen molar-refractivity contribution in [1.29, 1.82) is 0 Å². The summed E-state index contributed by atoms with van der Waals surface area (Å²) in [7, 11) is 1.68. The summed E-state index contributed by atoms with van der Waals surface area (Å²) in [6.45, 7) is 7.30. The molecule has 0 aromatic carbocycles. The maximum Gasteiger partial charge on any atom is 0.221 e. The van der Waals surface area contributed by atoms with E-state index in [0.717, 1.165) is 13.1 Å². The average Bonchev–Trinajstić information content (AvgIpc) is 2.26. The molecule has 4 heteroatoms. The molecule has 1 fully saturated rings. The van der Waals surface area contributed by atoms with Gasteiger partial charge in [-0.05, 0) is 31.3 Å². The van der Waals surface area contributed by atoms with Crippen LogP contribution in [0, 0.1) is 5.41 Å². The number of likely N-dealkylation sites (tertiary alicyclic amines) is 1. The van der Waals surface area contributed by atoms with E-state index in [1.165, 1.54) is 12.8 Å². The monoisotopic (exact) mass is 227 g/mol. The maximum atomic E-state index is 11.4. The average molecular weight is 227 g/mol. The molecule has 4 nitrogen and oxygen atoms in total. The normalized spacial score (nSPS) is 22.8. The number of nitrogens with two attached hydrogens (primary N) is 1. The highest BCUT2D eigenvalue weighted by atomic mass is 16.1. The molecule has 0 aliphatic carbocycles. The first kappa shape index (κ1) is 13.5. The van der Waals surface area contributed by atoms with Gasteiger partial charge in [0.2, 0.25) is 5.91 Å². The van der Waals surface area contributed by atoms with E-state index >= 15 is 0 Å². The molecule has 16 heavy (non-hydrogen) atoms. The van der Waals surface area contributed by atoms with Gasteiger partial charge < -0.3 is 11.1 Å². The molecule has 0 aromatic heterocycles. The Morgan fingerprint density at radius 3 is 2.44 bits per heavy atom. The van der Waals surface area contributed by atoms with Crippen molar-refractivity contribution < 1.29 is 4.79 Å². The van der Waals surface area contributed by atoms with Gasteiger partial charge in [-0.2, -0.15) is 0 Å². The van der Waals surface area contributed by atoms with Gasteiger partial charge in [0.25, 0.3) is 0 Å². The highest BCUT2D eigenvalue weighted by molar-refractivity contribution is 5.76. The lowest BCUT2D eigenvalue weighted by molar-refractivity contribution is -0.122. The van der Waals surface area contributed by atoms with Crippen molar-refractivity contribution in [2.45, 2.75) is 39.2 Å². The van der Waals surface area contributed by atoms with Crippen molar-refractivity contribution in [2.24, 2.45) is 11.1 Å². The van der Waals surface area contributed by atoms with Gasteiger partial charge in [0.05, 0.1) is 0 Å². The quantitative estimate of drug-likeness (QED) is 0.738. The number of nitrogens with zero attached hydrogens (tertiary/aromatic N) is 1. The van der Waals surface area contributed by atoms with Crippen LogP contribution in [0.25, 0.3) is 0 Å². The van der Waals surface area contributed by atoms with E-state index < -0.39 is 0 Å². The Bertz CT molecular complexity index is 230. The second kappa shape index (κ2) is 5.64. The number of nitrogens with one attached hydrogen (secondary N) is 1. The van der Waals surface area contributed by atoms with Crippen LogP contribution in [0.1, 0.15) is 33.1 Å². The number of carbonyl (C=O) groups excluding carboxylic acids is 1. The summed E-state index contributed by atoms with van der Waals surface area (Å²) in [6.07, 6.45) is 2.90. The molecular formula is C12H25N3O. The van der Waals surface area contributed by atoms with Crippen molar-refractivity contribution in [3.8, 4) is 0 Å². The first-order valence-electron chi connectivity index (χ1n) is 6.13. The van der Waals surface area contributed by atoms with Gasteiger partial charge in [-0.15, -0.1) is 0 Å². The minimum absolute atomic E-state index is 0.0836. The lowest BCUT2D eigenvalue weighted by Crippen LogP contribution is -2.48. The van der Waals surface area contributed by atoms with Crippen molar-refractivity contribution in [3.05, 3.63) is 0 Å². The molecule has 1 rings (SSSR count). The van der Waals surface area contributed by atoms with Crippen molar-refractivity contribution in [2.75, 3.05) is 26.7 Å². The number of hydrogen-bond donors (Lipinski definition) is 2. The predicted octanol–water partition coefficient (Wildman–Crippen LogP) is 0.572. The van der Waals surface area contributed by atoms with Gasteiger partial charge in [0, 0.05) is 26.1 Å². The fourth-order valence-electron chi connectivity index (χ4n) is 2.17. The maximum absolute atomic E-state index is 11.4. The van der Waals surface area contributed by atoms with Crippen molar-refractivity contribution in [1.82, 2.24) is 10.2 Å². The van der Waals surface area contributed by atoms with E-state index in [2.05, 4.69) is 24.1 Å².